The number of allylic oxidation sites excluding steroid dienone is 3. The predicted octanol–water partition coefficient (Wildman–Crippen LogP) is 5.35. The van der Waals surface area contributed by atoms with Crippen LogP contribution >= 0.6 is 0 Å². The molecule has 0 radical (unpaired) electrons. The zero-order chi connectivity index (χ0) is 29.7. The second kappa shape index (κ2) is 12.4. The lowest BCUT2D eigenvalue weighted by Gasteiger charge is -2.34. The topological polar surface area (TPSA) is 127 Å². The van der Waals surface area contributed by atoms with Gasteiger partial charge in [-0.1, -0.05) is 25.5 Å². The second-order valence-corrected chi connectivity index (χ2v) is 10.4. The summed E-state index contributed by atoms with van der Waals surface area (Å²) in [6.07, 6.45) is 7.73. The molecule has 0 aromatic heterocycles. The molecule has 0 saturated heterocycles. The van der Waals surface area contributed by atoms with E-state index in [0.717, 1.165) is 17.7 Å². The molecule has 2 aliphatic rings. The Balaban J connectivity index is 1.97. The van der Waals surface area contributed by atoms with Gasteiger partial charge in [-0.3, -0.25) is 10.3 Å². The molecule has 40 heavy (non-hydrogen) atoms. The van der Waals surface area contributed by atoms with Crippen LogP contribution in [0.15, 0.2) is 71.1 Å². The second-order valence-electron chi connectivity index (χ2n) is 10.4. The molecule has 0 saturated carbocycles. The summed E-state index contributed by atoms with van der Waals surface area (Å²) in [5.41, 5.74) is 11.9. The van der Waals surface area contributed by atoms with Crippen molar-refractivity contribution in [3.05, 3.63) is 82.5 Å². The van der Waals surface area contributed by atoms with E-state index in [1.165, 1.54) is 42.6 Å². The number of hydrogen-bond acceptors (Lipinski definition) is 6. The number of nitrogens with two attached hydrogens (primary N) is 2. The molecule has 1 aromatic rings. The summed E-state index contributed by atoms with van der Waals surface area (Å²) in [5, 5.41) is 11.0. The summed E-state index contributed by atoms with van der Waals surface area (Å²) >= 11 is 0. The first-order chi connectivity index (χ1) is 18.7. The molecule has 0 spiro atoms. The first-order valence-electron chi connectivity index (χ1n) is 12.9. The van der Waals surface area contributed by atoms with Crippen molar-refractivity contribution in [3.8, 4) is 5.75 Å². The summed E-state index contributed by atoms with van der Waals surface area (Å²) < 4.78 is 55.9. The Hall–Kier alpha value is -4.15. The Morgan fingerprint density at radius 1 is 1.27 bits per heavy atom. The monoisotopic (exact) mass is 559 g/mol. The maximum Gasteiger partial charge on any atom is 0.410 e. The molecule has 6 N–H and O–H groups in total. The van der Waals surface area contributed by atoms with Crippen molar-refractivity contribution in [3.63, 3.8) is 0 Å². The van der Waals surface area contributed by atoms with E-state index in [1.54, 1.807) is 26.8 Å². The van der Waals surface area contributed by atoms with Crippen LogP contribution in [0.1, 0.15) is 46.1 Å². The van der Waals surface area contributed by atoms with Crippen molar-refractivity contribution in [1.82, 2.24) is 10.2 Å². The number of alkyl halides is 2. The Bertz CT molecular complexity index is 1310. The largest absolute Gasteiger partial charge is 0.490 e. The maximum absolute atomic E-state index is 15.2. The van der Waals surface area contributed by atoms with Crippen LogP contribution in [-0.4, -0.2) is 48.0 Å². The molecule has 0 unspecified atom stereocenters. The van der Waals surface area contributed by atoms with Crippen LogP contribution in [-0.2, 0) is 4.74 Å². The molecule has 0 bridgehead atoms. The van der Waals surface area contributed by atoms with Crippen molar-refractivity contribution in [2.45, 2.75) is 52.1 Å². The number of benzene rings is 1. The molecule has 216 valence electrons. The van der Waals surface area contributed by atoms with E-state index in [1.807, 2.05) is 6.92 Å². The highest BCUT2D eigenvalue weighted by atomic mass is 19.3. The van der Waals surface area contributed by atoms with Gasteiger partial charge < -0.3 is 26.3 Å². The number of amidine groups is 1. The van der Waals surface area contributed by atoms with E-state index in [-0.39, 0.29) is 51.8 Å². The number of unbranched alkanes of at least 4 members (excludes halogenated alkanes) is 1. The highest BCUT2D eigenvalue weighted by molar-refractivity contribution is 6.00. The van der Waals surface area contributed by atoms with Gasteiger partial charge >= 0.3 is 6.09 Å². The van der Waals surface area contributed by atoms with Crippen LogP contribution in [0.5, 0.6) is 5.75 Å². The summed E-state index contributed by atoms with van der Waals surface area (Å²) in [6, 6.07) is 4.32. The SMILES string of the molecule is CCCCOc1c(F)cccc1/C(N)=C/C(C(=N)N)=C1/C=C(C2=CCN(C(=O)OC(C)(C)C)CC2(F)F)C=CN1. The predicted molar refractivity (Wildman–Crippen MR) is 149 cm³/mol. The normalized spacial score (nSPS) is 18.4. The zero-order valence-corrected chi connectivity index (χ0v) is 23.1. The Kier molecular flexibility index (Phi) is 9.39. The van der Waals surface area contributed by atoms with Crippen LogP contribution in [0.25, 0.3) is 5.70 Å². The summed E-state index contributed by atoms with van der Waals surface area (Å²) in [5.74, 6) is -4.37. The lowest BCUT2D eigenvalue weighted by Crippen LogP contribution is -2.47. The van der Waals surface area contributed by atoms with Crippen molar-refractivity contribution in [2.75, 3.05) is 19.7 Å². The van der Waals surface area contributed by atoms with Gasteiger partial charge in [0.15, 0.2) is 11.6 Å². The number of amides is 1. The number of carbonyl (C=O) groups is 1. The van der Waals surface area contributed by atoms with Crippen LogP contribution in [0.4, 0.5) is 18.0 Å². The highest BCUT2D eigenvalue weighted by Crippen LogP contribution is 2.36. The minimum absolute atomic E-state index is 0.0214. The number of ether oxygens (including phenoxy) is 2. The third-order valence-corrected chi connectivity index (χ3v) is 5.97. The van der Waals surface area contributed by atoms with E-state index < -0.39 is 30.0 Å². The average Bonchev–Trinajstić information content (AvgIpc) is 2.86. The molecule has 8 nitrogen and oxygen atoms in total. The molecule has 1 aromatic carbocycles. The molecular formula is C29H36F3N5O3. The minimum Gasteiger partial charge on any atom is -0.490 e. The number of nitrogens with one attached hydrogen (secondary N) is 2. The number of dihydropyridines is 1. The molecule has 1 amide bonds. The molecule has 0 atom stereocenters. The molecule has 2 heterocycles. The van der Waals surface area contributed by atoms with Gasteiger partial charge in [0.05, 0.1) is 13.2 Å². The maximum atomic E-state index is 15.2. The number of rotatable bonds is 8. The standard InChI is InChI=1S/C29H36F3N5O3/c1-5-6-14-39-25-19(8-7-9-22(25)30)23(33)16-20(26(34)35)24-15-18(10-12-36-24)21-11-13-37(17-29(21,31)32)27(38)40-28(2,3)4/h7-12,15-16,36H,5-6,13-14,17,33H2,1-4H3,(H3,34,35)/b23-16-,24-20+. The molecular weight excluding hydrogens is 523 g/mol. The van der Waals surface area contributed by atoms with Crippen molar-refractivity contribution in [2.24, 2.45) is 11.5 Å². The number of halogens is 3. The van der Waals surface area contributed by atoms with E-state index in [0.29, 0.717) is 6.61 Å². The molecule has 11 heteroatoms. The van der Waals surface area contributed by atoms with Gasteiger partial charge in [0.25, 0.3) is 5.92 Å². The minimum atomic E-state index is -3.37. The lowest BCUT2D eigenvalue weighted by molar-refractivity contribution is -0.0217. The van der Waals surface area contributed by atoms with Crippen molar-refractivity contribution in [1.29, 1.82) is 5.41 Å². The third-order valence-electron chi connectivity index (χ3n) is 5.97. The fraction of sp³-hybridized carbons (Fsp3) is 0.379. The third kappa shape index (κ3) is 7.49. The number of nitrogens with zero attached hydrogens (tertiary/aromatic N) is 1. The summed E-state index contributed by atoms with van der Waals surface area (Å²) in [7, 11) is 0. The van der Waals surface area contributed by atoms with Gasteiger partial charge in [-0.25, -0.2) is 9.18 Å². The van der Waals surface area contributed by atoms with Crippen molar-refractivity contribution < 1.29 is 27.4 Å². The Labute approximate surface area is 232 Å². The van der Waals surface area contributed by atoms with Gasteiger partial charge in [0.2, 0.25) is 0 Å². The van der Waals surface area contributed by atoms with Gasteiger partial charge in [-0.2, -0.15) is 8.78 Å². The smallest absolute Gasteiger partial charge is 0.410 e. The average molecular weight is 560 g/mol. The van der Waals surface area contributed by atoms with Gasteiger partial charge in [-0.15, -0.1) is 0 Å². The van der Waals surface area contributed by atoms with E-state index in [2.05, 4.69) is 5.32 Å². The van der Waals surface area contributed by atoms with Crippen LogP contribution in [0.2, 0.25) is 0 Å². The van der Waals surface area contributed by atoms with Gasteiger partial charge in [0, 0.05) is 40.8 Å². The number of hydrogen-bond donors (Lipinski definition) is 4. The highest BCUT2D eigenvalue weighted by Gasteiger charge is 2.43. The van der Waals surface area contributed by atoms with Crippen molar-refractivity contribution >= 4 is 17.6 Å². The lowest BCUT2D eigenvalue weighted by atomic mass is 9.93. The fourth-order valence-corrected chi connectivity index (χ4v) is 4.06. The Morgan fingerprint density at radius 3 is 2.62 bits per heavy atom. The zero-order valence-electron chi connectivity index (χ0n) is 23.1. The number of carbonyl (C=O) groups excluding carboxylic acids is 1. The fourth-order valence-electron chi connectivity index (χ4n) is 4.06. The van der Waals surface area contributed by atoms with Crippen LogP contribution in [0, 0.1) is 11.2 Å². The van der Waals surface area contributed by atoms with Gasteiger partial charge in [0.1, 0.15) is 11.4 Å². The van der Waals surface area contributed by atoms with Crippen LogP contribution in [0.3, 0.4) is 0 Å². The molecule has 0 fully saturated rings. The molecule has 3 rings (SSSR count). The first-order valence-corrected chi connectivity index (χ1v) is 12.9. The quantitative estimate of drug-likeness (QED) is 0.193. The summed E-state index contributed by atoms with van der Waals surface area (Å²) in [6.45, 7) is 6.35. The summed E-state index contributed by atoms with van der Waals surface area (Å²) in [4.78, 5) is 13.3. The van der Waals surface area contributed by atoms with Crippen LogP contribution < -0.4 is 21.5 Å². The number of para-hydroxylation sites is 1. The van der Waals surface area contributed by atoms with E-state index >= 15 is 8.78 Å². The molecule has 0 aliphatic carbocycles. The van der Waals surface area contributed by atoms with Gasteiger partial charge in [-0.05, 0) is 63.1 Å². The van der Waals surface area contributed by atoms with E-state index in [4.69, 9.17) is 26.4 Å². The Morgan fingerprint density at radius 2 is 2.00 bits per heavy atom. The first kappa shape index (κ1) is 30.4. The van der Waals surface area contributed by atoms with E-state index in [9.17, 15) is 9.18 Å². The molecule has 2 aliphatic heterocycles.